The van der Waals surface area contributed by atoms with E-state index in [-0.39, 0.29) is 6.04 Å². The van der Waals surface area contributed by atoms with Crippen molar-refractivity contribution in [3.8, 4) is 5.75 Å². The lowest BCUT2D eigenvalue weighted by Gasteiger charge is -2.21. The van der Waals surface area contributed by atoms with E-state index in [1.807, 2.05) is 24.3 Å². The molecule has 6 heteroatoms. The maximum absolute atomic E-state index is 11.3. The molecule has 0 radical (unpaired) electrons. The van der Waals surface area contributed by atoms with Crippen LogP contribution in [0.2, 0.25) is 0 Å². The summed E-state index contributed by atoms with van der Waals surface area (Å²) in [6, 6.07) is 7.59. The van der Waals surface area contributed by atoms with E-state index in [2.05, 4.69) is 10.6 Å². The van der Waals surface area contributed by atoms with Gasteiger partial charge in [-0.2, -0.15) is 0 Å². The normalized spacial score (nSPS) is 25.2. The number of carbonyl (C=O) groups excluding carboxylic acids is 1. The van der Waals surface area contributed by atoms with Crippen LogP contribution in [0, 0.1) is 0 Å². The Morgan fingerprint density at radius 3 is 2.75 bits per heavy atom. The van der Waals surface area contributed by atoms with Crippen LogP contribution in [0.3, 0.4) is 0 Å². The number of ether oxygens (including phenoxy) is 2. The predicted octanol–water partition coefficient (Wildman–Crippen LogP) is 0.295. The molecule has 0 unspecified atom stereocenters. The van der Waals surface area contributed by atoms with Crippen molar-refractivity contribution in [2.75, 3.05) is 20.7 Å². The number of amides is 1. The summed E-state index contributed by atoms with van der Waals surface area (Å²) in [5.74, 6) is 0.798. The number of methoxy groups -OCH3 is 1. The third kappa shape index (κ3) is 3.40. The van der Waals surface area contributed by atoms with E-state index in [1.165, 1.54) is 7.05 Å². The van der Waals surface area contributed by atoms with Crippen LogP contribution in [0.5, 0.6) is 5.75 Å². The van der Waals surface area contributed by atoms with Gasteiger partial charge in [-0.15, -0.1) is 0 Å². The second-order valence-electron chi connectivity index (χ2n) is 4.75. The molecule has 1 heterocycles. The summed E-state index contributed by atoms with van der Waals surface area (Å²) >= 11 is 0. The first-order valence-corrected chi connectivity index (χ1v) is 6.56. The van der Waals surface area contributed by atoms with Crippen molar-refractivity contribution in [3.05, 3.63) is 29.8 Å². The molecule has 1 aliphatic heterocycles. The van der Waals surface area contributed by atoms with Gasteiger partial charge in [0.2, 0.25) is 0 Å². The van der Waals surface area contributed by atoms with Crippen LogP contribution in [-0.2, 0) is 11.2 Å². The van der Waals surface area contributed by atoms with Gasteiger partial charge < -0.3 is 25.2 Å². The molecular formula is C14H20N2O4. The van der Waals surface area contributed by atoms with Gasteiger partial charge in [0.05, 0.1) is 13.2 Å². The minimum atomic E-state index is -0.685. The number of aliphatic hydroxyl groups is 1. The number of carbonyl (C=O) groups is 1. The molecule has 1 aromatic carbocycles. The second-order valence-corrected chi connectivity index (χ2v) is 4.75. The number of alkyl carbamates (subject to hydrolysis) is 1. The maximum Gasteiger partial charge on any atom is 0.407 e. The number of rotatable bonds is 4. The van der Waals surface area contributed by atoms with Crippen LogP contribution in [0.25, 0.3) is 0 Å². The van der Waals surface area contributed by atoms with Crippen LogP contribution in [-0.4, -0.2) is 50.2 Å². The Bertz CT molecular complexity index is 449. The molecule has 0 saturated carbocycles. The molecule has 1 saturated heterocycles. The van der Waals surface area contributed by atoms with Crippen LogP contribution >= 0.6 is 0 Å². The zero-order chi connectivity index (χ0) is 14.5. The SMILES string of the molecule is CNC(=O)O[C@H]1[C@H](O)CN[C@H]1Cc1ccc(OC)cc1. The summed E-state index contributed by atoms with van der Waals surface area (Å²) in [7, 11) is 3.12. The summed E-state index contributed by atoms with van der Waals surface area (Å²) in [5, 5.41) is 15.4. The van der Waals surface area contributed by atoms with Gasteiger partial charge in [0.15, 0.2) is 0 Å². The lowest BCUT2D eigenvalue weighted by Crippen LogP contribution is -2.40. The Morgan fingerprint density at radius 2 is 2.15 bits per heavy atom. The Balaban J connectivity index is 2.00. The lowest BCUT2D eigenvalue weighted by atomic mass is 10.0. The number of hydrogen-bond acceptors (Lipinski definition) is 5. The van der Waals surface area contributed by atoms with Gasteiger partial charge in [-0.1, -0.05) is 12.1 Å². The first kappa shape index (κ1) is 14.6. The highest BCUT2D eigenvalue weighted by atomic mass is 16.6. The quantitative estimate of drug-likeness (QED) is 0.739. The van der Waals surface area contributed by atoms with E-state index in [0.717, 1.165) is 11.3 Å². The average Bonchev–Trinajstić information content (AvgIpc) is 2.81. The van der Waals surface area contributed by atoms with E-state index in [4.69, 9.17) is 9.47 Å². The molecule has 0 spiro atoms. The molecule has 0 aromatic heterocycles. The van der Waals surface area contributed by atoms with Gasteiger partial charge in [-0.25, -0.2) is 4.79 Å². The molecule has 6 nitrogen and oxygen atoms in total. The highest BCUT2D eigenvalue weighted by Gasteiger charge is 2.37. The van der Waals surface area contributed by atoms with Crippen molar-refractivity contribution in [2.45, 2.75) is 24.7 Å². The summed E-state index contributed by atoms with van der Waals surface area (Å²) in [4.78, 5) is 11.3. The third-order valence-electron chi connectivity index (χ3n) is 3.43. The molecule has 0 aliphatic carbocycles. The molecule has 3 atom stereocenters. The van der Waals surface area contributed by atoms with Gasteiger partial charge in [-0.05, 0) is 24.1 Å². The zero-order valence-corrected chi connectivity index (χ0v) is 11.6. The highest BCUT2D eigenvalue weighted by Crippen LogP contribution is 2.19. The summed E-state index contributed by atoms with van der Waals surface area (Å²) in [6.07, 6.45) is -1.09. The van der Waals surface area contributed by atoms with Crippen molar-refractivity contribution < 1.29 is 19.4 Å². The zero-order valence-electron chi connectivity index (χ0n) is 11.6. The lowest BCUT2D eigenvalue weighted by molar-refractivity contribution is 0.0198. The molecule has 1 fully saturated rings. The highest BCUT2D eigenvalue weighted by molar-refractivity contribution is 5.67. The van der Waals surface area contributed by atoms with Crippen molar-refractivity contribution in [2.24, 2.45) is 0 Å². The Labute approximate surface area is 118 Å². The van der Waals surface area contributed by atoms with E-state index in [9.17, 15) is 9.90 Å². The van der Waals surface area contributed by atoms with Crippen LogP contribution in [0.1, 0.15) is 5.56 Å². The number of nitrogens with one attached hydrogen (secondary N) is 2. The fourth-order valence-corrected chi connectivity index (χ4v) is 2.32. The molecule has 1 amide bonds. The van der Waals surface area contributed by atoms with E-state index >= 15 is 0 Å². The number of hydrogen-bond donors (Lipinski definition) is 3. The van der Waals surface area contributed by atoms with Crippen molar-refractivity contribution in [1.29, 1.82) is 0 Å². The third-order valence-corrected chi connectivity index (χ3v) is 3.43. The fraction of sp³-hybridized carbons (Fsp3) is 0.500. The van der Waals surface area contributed by atoms with Crippen LogP contribution < -0.4 is 15.4 Å². The number of benzene rings is 1. The molecule has 20 heavy (non-hydrogen) atoms. The van der Waals surface area contributed by atoms with Gasteiger partial charge in [0.1, 0.15) is 18.0 Å². The minimum Gasteiger partial charge on any atom is -0.497 e. The topological polar surface area (TPSA) is 79.8 Å². The van der Waals surface area contributed by atoms with Crippen LogP contribution in [0.15, 0.2) is 24.3 Å². The second kappa shape index (κ2) is 6.58. The molecular weight excluding hydrogens is 260 g/mol. The van der Waals surface area contributed by atoms with Crippen molar-refractivity contribution >= 4 is 6.09 Å². The van der Waals surface area contributed by atoms with Crippen molar-refractivity contribution in [1.82, 2.24) is 10.6 Å². The Morgan fingerprint density at radius 1 is 1.45 bits per heavy atom. The van der Waals surface area contributed by atoms with Gasteiger partial charge in [-0.3, -0.25) is 0 Å². The Kier molecular flexibility index (Phi) is 4.81. The maximum atomic E-state index is 11.3. The van der Waals surface area contributed by atoms with Crippen LogP contribution in [0.4, 0.5) is 4.79 Å². The molecule has 3 N–H and O–H groups in total. The molecule has 1 aromatic rings. The first-order chi connectivity index (χ1) is 9.63. The number of aliphatic hydroxyl groups excluding tert-OH is 1. The average molecular weight is 280 g/mol. The van der Waals surface area contributed by atoms with E-state index in [0.29, 0.717) is 13.0 Å². The predicted molar refractivity (Wildman–Crippen MR) is 73.8 cm³/mol. The fourth-order valence-electron chi connectivity index (χ4n) is 2.32. The standard InChI is InChI=1S/C14H20N2O4/c1-15-14(18)20-13-11(16-8-12(13)17)7-9-3-5-10(19-2)6-4-9/h3-6,11-13,16-17H,7-8H2,1-2H3,(H,15,18)/t11-,12+,13+/m0/s1. The smallest absolute Gasteiger partial charge is 0.407 e. The summed E-state index contributed by atoms with van der Waals surface area (Å²) in [5.41, 5.74) is 1.09. The molecule has 0 bridgehead atoms. The van der Waals surface area contributed by atoms with Gasteiger partial charge in [0.25, 0.3) is 0 Å². The summed E-state index contributed by atoms with van der Waals surface area (Å²) < 4.78 is 10.3. The monoisotopic (exact) mass is 280 g/mol. The molecule has 110 valence electrons. The first-order valence-electron chi connectivity index (χ1n) is 6.56. The molecule has 2 rings (SSSR count). The molecule has 1 aliphatic rings. The minimum absolute atomic E-state index is 0.101. The van der Waals surface area contributed by atoms with Gasteiger partial charge in [0, 0.05) is 13.6 Å². The van der Waals surface area contributed by atoms with E-state index in [1.54, 1.807) is 7.11 Å². The summed E-state index contributed by atoms with van der Waals surface area (Å²) in [6.45, 7) is 0.419. The Hall–Kier alpha value is -1.79. The van der Waals surface area contributed by atoms with Gasteiger partial charge >= 0.3 is 6.09 Å². The van der Waals surface area contributed by atoms with E-state index < -0.39 is 18.3 Å². The van der Waals surface area contributed by atoms with Crippen molar-refractivity contribution in [3.63, 3.8) is 0 Å². The largest absolute Gasteiger partial charge is 0.497 e. The number of β-amino-alcohol motifs (C(OH)–C–C–N with tert-alkyl or cyclic N) is 1.